The van der Waals surface area contributed by atoms with E-state index in [1.165, 1.54) is 25.3 Å². The zero-order valence-electron chi connectivity index (χ0n) is 11.9. The van der Waals surface area contributed by atoms with E-state index in [4.69, 9.17) is 10.5 Å². The maximum atomic E-state index is 11.5. The van der Waals surface area contributed by atoms with Crippen LogP contribution < -0.4 is 15.8 Å². The number of anilines is 1. The molecular weight excluding hydrogens is 260 g/mol. The molecule has 0 bridgehead atoms. The molecule has 0 unspecified atom stereocenters. The Balaban J connectivity index is 2.63. The molecule has 110 valence electrons. The molecular formula is C14H20N2O4. The number of nitrogen functional groups attached to an aromatic ring is 1. The number of ether oxygens (including phenoxy) is 2. The quantitative estimate of drug-likeness (QED) is 0.603. The van der Waals surface area contributed by atoms with E-state index in [9.17, 15) is 9.59 Å². The summed E-state index contributed by atoms with van der Waals surface area (Å²) in [5, 5.41) is 2.72. The minimum atomic E-state index is -0.487. The molecule has 0 aromatic heterocycles. The molecule has 0 saturated heterocycles. The van der Waals surface area contributed by atoms with Gasteiger partial charge in [0.1, 0.15) is 5.75 Å². The Hall–Kier alpha value is -2.24. The number of amides is 1. The lowest BCUT2D eigenvalue weighted by Gasteiger charge is -2.11. The fourth-order valence-electron chi connectivity index (χ4n) is 1.42. The zero-order valence-corrected chi connectivity index (χ0v) is 11.9. The summed E-state index contributed by atoms with van der Waals surface area (Å²) >= 11 is 0. The van der Waals surface area contributed by atoms with Crippen LogP contribution >= 0.6 is 0 Å². The molecule has 6 heteroatoms. The molecule has 0 aliphatic carbocycles. The van der Waals surface area contributed by atoms with Crippen molar-refractivity contribution in [1.82, 2.24) is 5.32 Å². The van der Waals surface area contributed by atoms with Gasteiger partial charge in [-0.2, -0.15) is 0 Å². The lowest BCUT2D eigenvalue weighted by Crippen LogP contribution is -2.31. The highest BCUT2D eigenvalue weighted by molar-refractivity contribution is 5.90. The average molecular weight is 280 g/mol. The number of hydrogen-bond acceptors (Lipinski definition) is 5. The summed E-state index contributed by atoms with van der Waals surface area (Å²) in [4.78, 5) is 22.9. The minimum Gasteiger partial charge on any atom is -0.482 e. The molecule has 1 aromatic carbocycles. The zero-order chi connectivity index (χ0) is 15.1. The number of rotatable bonds is 6. The second-order valence-corrected chi connectivity index (χ2v) is 4.73. The van der Waals surface area contributed by atoms with Crippen LogP contribution in [0.4, 0.5) is 5.69 Å². The maximum Gasteiger partial charge on any atom is 0.337 e. The summed E-state index contributed by atoms with van der Waals surface area (Å²) in [7, 11) is 1.29. The molecule has 3 N–H and O–H groups in total. The first-order chi connectivity index (χ1) is 9.43. The molecule has 1 amide bonds. The van der Waals surface area contributed by atoms with Gasteiger partial charge in [-0.3, -0.25) is 4.79 Å². The van der Waals surface area contributed by atoms with E-state index in [1.807, 2.05) is 13.8 Å². The summed E-state index contributed by atoms with van der Waals surface area (Å²) in [6.07, 6.45) is 0. The first-order valence-electron chi connectivity index (χ1n) is 6.31. The van der Waals surface area contributed by atoms with Crippen molar-refractivity contribution in [2.24, 2.45) is 5.92 Å². The normalized spacial score (nSPS) is 10.2. The first kappa shape index (κ1) is 15.8. The third-order valence-corrected chi connectivity index (χ3v) is 2.50. The Morgan fingerprint density at radius 2 is 2.05 bits per heavy atom. The molecule has 0 aliphatic heterocycles. The van der Waals surface area contributed by atoms with E-state index in [0.29, 0.717) is 23.7 Å². The largest absolute Gasteiger partial charge is 0.482 e. The van der Waals surface area contributed by atoms with Crippen molar-refractivity contribution in [3.63, 3.8) is 0 Å². The SMILES string of the molecule is COC(=O)c1ccc(N)c(OCC(=O)NCC(C)C)c1. The summed E-state index contributed by atoms with van der Waals surface area (Å²) < 4.78 is 9.93. The van der Waals surface area contributed by atoms with Crippen molar-refractivity contribution in [2.75, 3.05) is 26.0 Å². The Morgan fingerprint density at radius 3 is 2.65 bits per heavy atom. The number of hydrogen-bond donors (Lipinski definition) is 2. The van der Waals surface area contributed by atoms with Gasteiger partial charge in [0, 0.05) is 6.54 Å². The van der Waals surface area contributed by atoms with Crippen LogP contribution in [0.5, 0.6) is 5.75 Å². The van der Waals surface area contributed by atoms with Crippen molar-refractivity contribution in [2.45, 2.75) is 13.8 Å². The highest BCUT2D eigenvalue weighted by Crippen LogP contribution is 2.23. The van der Waals surface area contributed by atoms with E-state index in [2.05, 4.69) is 10.1 Å². The molecule has 0 atom stereocenters. The Bertz CT molecular complexity index is 486. The molecule has 0 spiro atoms. The number of nitrogens with two attached hydrogens (primary N) is 1. The van der Waals surface area contributed by atoms with Crippen LogP contribution in [-0.2, 0) is 9.53 Å². The Kier molecular flexibility index (Phi) is 5.83. The van der Waals surface area contributed by atoms with Crippen LogP contribution in [0.3, 0.4) is 0 Å². The van der Waals surface area contributed by atoms with Gasteiger partial charge in [0.25, 0.3) is 5.91 Å². The number of carbonyl (C=O) groups excluding carboxylic acids is 2. The summed E-state index contributed by atoms with van der Waals surface area (Å²) in [5.41, 5.74) is 6.41. The van der Waals surface area contributed by atoms with E-state index < -0.39 is 5.97 Å². The fourth-order valence-corrected chi connectivity index (χ4v) is 1.42. The van der Waals surface area contributed by atoms with Gasteiger partial charge in [0.2, 0.25) is 0 Å². The molecule has 1 aromatic rings. The topological polar surface area (TPSA) is 90.7 Å². The lowest BCUT2D eigenvalue weighted by molar-refractivity contribution is -0.123. The third-order valence-electron chi connectivity index (χ3n) is 2.50. The number of benzene rings is 1. The molecule has 0 heterocycles. The van der Waals surface area contributed by atoms with Crippen LogP contribution in [-0.4, -0.2) is 32.1 Å². The second kappa shape index (κ2) is 7.37. The summed E-state index contributed by atoms with van der Waals surface area (Å²) in [6.45, 7) is 4.43. The van der Waals surface area contributed by atoms with Gasteiger partial charge in [-0.05, 0) is 24.1 Å². The average Bonchev–Trinajstić information content (AvgIpc) is 2.43. The smallest absolute Gasteiger partial charge is 0.337 e. The fraction of sp³-hybridized carbons (Fsp3) is 0.429. The third kappa shape index (κ3) is 4.79. The predicted molar refractivity (Wildman–Crippen MR) is 75.5 cm³/mol. The molecule has 20 heavy (non-hydrogen) atoms. The number of methoxy groups -OCH3 is 1. The summed E-state index contributed by atoms with van der Waals surface area (Å²) in [5.74, 6) is -0.0695. The Labute approximate surface area is 118 Å². The molecule has 0 saturated carbocycles. The van der Waals surface area contributed by atoms with Gasteiger partial charge in [-0.15, -0.1) is 0 Å². The monoisotopic (exact) mass is 280 g/mol. The molecule has 6 nitrogen and oxygen atoms in total. The number of carbonyl (C=O) groups is 2. The number of esters is 1. The van der Waals surface area contributed by atoms with Crippen molar-refractivity contribution in [1.29, 1.82) is 0 Å². The van der Waals surface area contributed by atoms with E-state index in [1.54, 1.807) is 0 Å². The lowest BCUT2D eigenvalue weighted by atomic mass is 10.2. The van der Waals surface area contributed by atoms with Gasteiger partial charge >= 0.3 is 5.97 Å². The van der Waals surface area contributed by atoms with Gasteiger partial charge in [0.15, 0.2) is 6.61 Å². The summed E-state index contributed by atoms with van der Waals surface area (Å²) in [6, 6.07) is 4.53. The van der Waals surface area contributed by atoms with E-state index in [0.717, 1.165) is 0 Å². The number of nitrogens with one attached hydrogen (secondary N) is 1. The molecule has 0 radical (unpaired) electrons. The molecule has 0 fully saturated rings. The van der Waals surface area contributed by atoms with E-state index in [-0.39, 0.29) is 18.3 Å². The van der Waals surface area contributed by atoms with Crippen LogP contribution in [0, 0.1) is 5.92 Å². The highest BCUT2D eigenvalue weighted by atomic mass is 16.5. The van der Waals surface area contributed by atoms with Crippen molar-refractivity contribution >= 4 is 17.6 Å². The van der Waals surface area contributed by atoms with Crippen molar-refractivity contribution in [3.8, 4) is 5.75 Å². The standard InChI is InChI=1S/C14H20N2O4/c1-9(2)7-16-13(17)8-20-12-6-10(14(18)19-3)4-5-11(12)15/h4-6,9H,7-8,15H2,1-3H3,(H,16,17). The second-order valence-electron chi connectivity index (χ2n) is 4.73. The first-order valence-corrected chi connectivity index (χ1v) is 6.31. The minimum absolute atomic E-state index is 0.151. The van der Waals surface area contributed by atoms with E-state index >= 15 is 0 Å². The van der Waals surface area contributed by atoms with Crippen molar-refractivity contribution in [3.05, 3.63) is 23.8 Å². The van der Waals surface area contributed by atoms with Gasteiger partial charge in [-0.25, -0.2) is 4.79 Å². The van der Waals surface area contributed by atoms with Crippen LogP contribution in [0.2, 0.25) is 0 Å². The predicted octanol–water partition coefficient (Wildman–Crippen LogP) is 1.21. The molecule has 0 aliphatic rings. The molecule has 1 rings (SSSR count). The highest BCUT2D eigenvalue weighted by Gasteiger charge is 2.11. The van der Waals surface area contributed by atoms with Crippen LogP contribution in [0.15, 0.2) is 18.2 Å². The van der Waals surface area contributed by atoms with Crippen LogP contribution in [0.25, 0.3) is 0 Å². The van der Waals surface area contributed by atoms with Crippen LogP contribution in [0.1, 0.15) is 24.2 Å². The maximum absolute atomic E-state index is 11.5. The van der Waals surface area contributed by atoms with Crippen molar-refractivity contribution < 1.29 is 19.1 Å². The Morgan fingerprint density at radius 1 is 1.35 bits per heavy atom. The van der Waals surface area contributed by atoms with Gasteiger partial charge < -0.3 is 20.5 Å². The van der Waals surface area contributed by atoms with Gasteiger partial charge in [0.05, 0.1) is 18.4 Å². The van der Waals surface area contributed by atoms with Gasteiger partial charge in [-0.1, -0.05) is 13.8 Å².